The third-order valence-corrected chi connectivity index (χ3v) is 1.83. The summed E-state index contributed by atoms with van der Waals surface area (Å²) < 4.78 is 4.37. The first-order chi connectivity index (χ1) is 6.72. The fourth-order valence-electron chi connectivity index (χ4n) is 0.872. The van der Waals surface area contributed by atoms with Crippen LogP contribution in [0, 0.1) is 11.8 Å². The summed E-state index contributed by atoms with van der Waals surface area (Å²) in [7, 11) is 1.30. The molecule has 0 saturated heterocycles. The topological polar surface area (TPSA) is 26.3 Å². The van der Waals surface area contributed by atoms with Gasteiger partial charge in [0.2, 0.25) is 0 Å². The minimum atomic E-state index is -0.515. The first kappa shape index (κ1) is 10.6. The molecule has 14 heavy (non-hydrogen) atoms. The summed E-state index contributed by atoms with van der Waals surface area (Å²) in [5, 5.41) is 0.690. The zero-order chi connectivity index (χ0) is 10.4. The van der Waals surface area contributed by atoms with Gasteiger partial charge < -0.3 is 4.74 Å². The summed E-state index contributed by atoms with van der Waals surface area (Å²) >= 11 is 5.71. The lowest BCUT2D eigenvalue weighted by Gasteiger charge is -1.93. The largest absolute Gasteiger partial charge is 0.459 e. The molecular weight excluding hydrogens is 200 g/mol. The predicted molar refractivity (Wildman–Crippen MR) is 54.9 cm³/mol. The van der Waals surface area contributed by atoms with Gasteiger partial charge in [0.25, 0.3) is 0 Å². The quantitative estimate of drug-likeness (QED) is 0.401. The molecule has 0 bridgehead atoms. The van der Waals surface area contributed by atoms with E-state index in [4.69, 9.17) is 11.6 Å². The molecule has 0 spiro atoms. The Balaban J connectivity index is 2.56. The van der Waals surface area contributed by atoms with E-state index in [1.54, 1.807) is 12.1 Å². The van der Waals surface area contributed by atoms with Crippen LogP contribution in [0.3, 0.4) is 0 Å². The van der Waals surface area contributed by atoms with E-state index in [2.05, 4.69) is 16.6 Å². The van der Waals surface area contributed by atoms with Gasteiger partial charge in [-0.05, 0) is 17.7 Å². The van der Waals surface area contributed by atoms with E-state index in [9.17, 15) is 4.79 Å². The molecule has 0 aliphatic rings. The van der Waals surface area contributed by atoms with E-state index >= 15 is 0 Å². The van der Waals surface area contributed by atoms with Gasteiger partial charge in [0.1, 0.15) is 0 Å². The van der Waals surface area contributed by atoms with Crippen molar-refractivity contribution >= 4 is 17.6 Å². The van der Waals surface area contributed by atoms with Crippen LogP contribution in [0.15, 0.2) is 24.3 Å². The second-order valence-electron chi connectivity index (χ2n) is 2.60. The molecule has 0 aliphatic carbocycles. The van der Waals surface area contributed by atoms with E-state index in [1.165, 1.54) is 7.11 Å². The Morgan fingerprint density at radius 1 is 1.43 bits per heavy atom. The van der Waals surface area contributed by atoms with Crippen LogP contribution in [0.25, 0.3) is 0 Å². The number of benzene rings is 1. The Hall–Kier alpha value is -1.46. The SMILES string of the molecule is COC(=O)C#CCc1ccc(Cl)cc1. The standard InChI is InChI=1S/C11H9ClO2/c1-14-11(13)4-2-3-9-5-7-10(12)8-6-9/h5-8H,3H2,1H3. The minimum Gasteiger partial charge on any atom is -0.459 e. The fourth-order valence-corrected chi connectivity index (χ4v) is 0.998. The Labute approximate surface area is 87.8 Å². The number of hydrogen-bond donors (Lipinski definition) is 0. The number of carbonyl (C=O) groups is 1. The van der Waals surface area contributed by atoms with Gasteiger partial charge in [0, 0.05) is 17.4 Å². The van der Waals surface area contributed by atoms with Gasteiger partial charge >= 0.3 is 5.97 Å². The summed E-state index contributed by atoms with van der Waals surface area (Å²) in [6, 6.07) is 7.32. The van der Waals surface area contributed by atoms with Gasteiger partial charge in [-0.25, -0.2) is 4.79 Å². The summed E-state index contributed by atoms with van der Waals surface area (Å²) in [5.41, 5.74) is 1.02. The lowest BCUT2D eigenvalue weighted by atomic mass is 10.2. The molecule has 3 heteroatoms. The summed E-state index contributed by atoms with van der Waals surface area (Å²) in [5.74, 6) is 4.54. The van der Waals surface area contributed by atoms with Crippen LogP contribution in [0.5, 0.6) is 0 Å². The highest BCUT2D eigenvalue weighted by atomic mass is 35.5. The Bertz CT molecular complexity index is 371. The lowest BCUT2D eigenvalue weighted by molar-refractivity contribution is -0.133. The zero-order valence-electron chi connectivity index (χ0n) is 7.71. The molecule has 0 aliphatic heterocycles. The van der Waals surface area contributed by atoms with Gasteiger partial charge in [-0.3, -0.25) is 0 Å². The number of carbonyl (C=O) groups excluding carboxylic acids is 1. The second-order valence-corrected chi connectivity index (χ2v) is 3.03. The summed E-state index contributed by atoms with van der Waals surface area (Å²) in [4.78, 5) is 10.6. The van der Waals surface area contributed by atoms with E-state index in [-0.39, 0.29) is 0 Å². The molecule has 1 aromatic rings. The maximum absolute atomic E-state index is 10.6. The normalized spacial score (nSPS) is 8.71. The maximum atomic E-state index is 10.6. The first-order valence-electron chi connectivity index (χ1n) is 4.03. The van der Waals surface area contributed by atoms with Crippen LogP contribution >= 0.6 is 11.6 Å². The third kappa shape index (κ3) is 3.51. The Morgan fingerprint density at radius 3 is 2.64 bits per heavy atom. The third-order valence-electron chi connectivity index (χ3n) is 1.58. The van der Waals surface area contributed by atoms with Crippen LogP contribution < -0.4 is 0 Å². The molecule has 1 rings (SSSR count). The predicted octanol–water partition coefficient (Wildman–Crippen LogP) is 2.06. The molecule has 0 heterocycles. The number of rotatable bonds is 1. The fraction of sp³-hybridized carbons (Fsp3) is 0.182. The molecule has 0 radical (unpaired) electrons. The van der Waals surface area contributed by atoms with Crippen LogP contribution in [0.4, 0.5) is 0 Å². The van der Waals surface area contributed by atoms with Gasteiger partial charge in [0.05, 0.1) is 7.11 Å². The average Bonchev–Trinajstić information content (AvgIpc) is 2.21. The highest BCUT2D eigenvalue weighted by Gasteiger charge is 1.91. The highest BCUT2D eigenvalue weighted by molar-refractivity contribution is 6.30. The van der Waals surface area contributed by atoms with Crippen LogP contribution in [0.1, 0.15) is 5.56 Å². The number of methoxy groups -OCH3 is 1. The number of hydrogen-bond acceptors (Lipinski definition) is 2. The van der Waals surface area contributed by atoms with Gasteiger partial charge in [-0.15, -0.1) is 0 Å². The molecule has 0 N–H and O–H groups in total. The van der Waals surface area contributed by atoms with Gasteiger partial charge in [-0.2, -0.15) is 0 Å². The van der Waals surface area contributed by atoms with Crippen molar-refractivity contribution in [1.29, 1.82) is 0 Å². The van der Waals surface area contributed by atoms with Crippen LogP contribution in [-0.4, -0.2) is 13.1 Å². The number of ether oxygens (including phenoxy) is 1. The van der Waals surface area contributed by atoms with Crippen molar-refractivity contribution in [2.45, 2.75) is 6.42 Å². The number of halogens is 1. The molecule has 0 atom stereocenters. The summed E-state index contributed by atoms with van der Waals surface area (Å²) in [6.07, 6.45) is 0.520. The molecule has 2 nitrogen and oxygen atoms in total. The van der Waals surface area contributed by atoms with Crippen molar-refractivity contribution in [3.63, 3.8) is 0 Å². The van der Waals surface area contributed by atoms with E-state index in [1.807, 2.05) is 12.1 Å². The first-order valence-corrected chi connectivity index (χ1v) is 4.41. The minimum absolute atomic E-state index is 0.515. The van der Waals surface area contributed by atoms with Crippen molar-refractivity contribution in [3.8, 4) is 11.8 Å². The van der Waals surface area contributed by atoms with Crippen molar-refractivity contribution in [2.24, 2.45) is 0 Å². The second kappa shape index (κ2) is 5.31. The molecule has 0 amide bonds. The molecule has 0 saturated carbocycles. The smallest absolute Gasteiger partial charge is 0.384 e. The Morgan fingerprint density at radius 2 is 2.07 bits per heavy atom. The van der Waals surface area contributed by atoms with Crippen LogP contribution in [0.2, 0.25) is 5.02 Å². The van der Waals surface area contributed by atoms with Crippen molar-refractivity contribution < 1.29 is 9.53 Å². The highest BCUT2D eigenvalue weighted by Crippen LogP contribution is 2.09. The maximum Gasteiger partial charge on any atom is 0.384 e. The van der Waals surface area contributed by atoms with Crippen molar-refractivity contribution in [1.82, 2.24) is 0 Å². The summed E-state index contributed by atoms with van der Waals surface area (Å²) in [6.45, 7) is 0. The van der Waals surface area contributed by atoms with E-state index in [0.29, 0.717) is 11.4 Å². The van der Waals surface area contributed by atoms with Gasteiger partial charge in [0.15, 0.2) is 0 Å². The molecular formula is C11H9ClO2. The lowest BCUT2D eigenvalue weighted by Crippen LogP contribution is -1.94. The van der Waals surface area contributed by atoms with Crippen molar-refractivity contribution in [2.75, 3.05) is 7.11 Å². The monoisotopic (exact) mass is 208 g/mol. The van der Waals surface area contributed by atoms with E-state index < -0.39 is 5.97 Å². The molecule has 72 valence electrons. The molecule has 0 fully saturated rings. The molecule has 0 unspecified atom stereocenters. The van der Waals surface area contributed by atoms with E-state index in [0.717, 1.165) is 5.56 Å². The number of esters is 1. The van der Waals surface area contributed by atoms with Crippen molar-refractivity contribution in [3.05, 3.63) is 34.9 Å². The zero-order valence-corrected chi connectivity index (χ0v) is 8.47. The van der Waals surface area contributed by atoms with Gasteiger partial charge in [-0.1, -0.05) is 29.7 Å². The Kier molecular flexibility index (Phi) is 4.03. The molecule has 0 aromatic heterocycles. The molecule has 1 aromatic carbocycles. The van der Waals surface area contributed by atoms with Crippen LogP contribution in [-0.2, 0) is 16.0 Å². The average molecular weight is 209 g/mol.